The van der Waals surface area contributed by atoms with Crippen molar-refractivity contribution in [3.05, 3.63) is 0 Å². The molecule has 84 valence electrons. The molecule has 1 aliphatic rings. The lowest BCUT2D eigenvalue weighted by Gasteiger charge is -2.32. The molecule has 14 heavy (non-hydrogen) atoms. The number of nitrogens with one attached hydrogen (secondary N) is 1. The number of sulfonamides is 1. The van der Waals surface area contributed by atoms with Crippen LogP contribution >= 0.6 is 0 Å². The highest BCUT2D eigenvalue weighted by Gasteiger charge is 2.29. The lowest BCUT2D eigenvalue weighted by atomic mass is 9.89. The van der Waals surface area contributed by atoms with Crippen LogP contribution in [-0.4, -0.2) is 39.5 Å². The number of ether oxygens (including phenoxy) is 1. The highest BCUT2D eigenvalue weighted by molar-refractivity contribution is 7.89. The molecule has 1 rings (SSSR count). The predicted molar refractivity (Wildman–Crippen MR) is 54.4 cm³/mol. The minimum absolute atomic E-state index is 0.0343. The van der Waals surface area contributed by atoms with Gasteiger partial charge in [0.05, 0.1) is 12.4 Å². The van der Waals surface area contributed by atoms with Crippen LogP contribution in [0.4, 0.5) is 0 Å². The Kier molecular flexibility index (Phi) is 4.31. The first kappa shape index (κ1) is 11.9. The van der Waals surface area contributed by atoms with E-state index in [-0.39, 0.29) is 24.4 Å². The van der Waals surface area contributed by atoms with Crippen LogP contribution in [0, 0.1) is 0 Å². The molecular formula is C8H18N2O3S. The van der Waals surface area contributed by atoms with E-state index in [1.165, 1.54) is 0 Å². The van der Waals surface area contributed by atoms with Crippen LogP contribution in [0.25, 0.3) is 0 Å². The molecule has 0 radical (unpaired) electrons. The fourth-order valence-electron chi connectivity index (χ4n) is 1.38. The van der Waals surface area contributed by atoms with Gasteiger partial charge in [-0.2, -0.15) is 0 Å². The molecule has 0 aromatic carbocycles. The van der Waals surface area contributed by atoms with Crippen LogP contribution in [0.15, 0.2) is 0 Å². The van der Waals surface area contributed by atoms with Gasteiger partial charge in [-0.1, -0.05) is 0 Å². The first-order chi connectivity index (χ1) is 6.53. The van der Waals surface area contributed by atoms with E-state index in [9.17, 15) is 8.42 Å². The van der Waals surface area contributed by atoms with Crippen LogP contribution in [-0.2, 0) is 14.8 Å². The Morgan fingerprint density at radius 3 is 2.64 bits per heavy atom. The maximum Gasteiger partial charge on any atom is 0.214 e. The second-order valence-electron chi connectivity index (χ2n) is 3.56. The largest absolute Gasteiger partial charge is 0.381 e. The maximum atomic E-state index is 11.4. The Morgan fingerprint density at radius 2 is 2.14 bits per heavy atom. The summed E-state index contributed by atoms with van der Waals surface area (Å²) in [6.07, 6.45) is 1.49. The van der Waals surface area contributed by atoms with Gasteiger partial charge in [-0.3, -0.25) is 0 Å². The Labute approximate surface area is 85.1 Å². The van der Waals surface area contributed by atoms with Crippen molar-refractivity contribution in [2.75, 3.05) is 19.0 Å². The zero-order valence-corrected chi connectivity index (χ0v) is 9.22. The topological polar surface area (TPSA) is 81.4 Å². The van der Waals surface area contributed by atoms with Gasteiger partial charge in [-0.15, -0.1) is 0 Å². The van der Waals surface area contributed by atoms with Crippen molar-refractivity contribution >= 4 is 10.0 Å². The normalized spacial score (nSPS) is 27.3. The van der Waals surface area contributed by atoms with Gasteiger partial charge in [0, 0.05) is 18.7 Å². The molecular weight excluding hydrogens is 204 g/mol. The summed E-state index contributed by atoms with van der Waals surface area (Å²) in [5.41, 5.74) is 5.55. The van der Waals surface area contributed by atoms with E-state index < -0.39 is 10.0 Å². The van der Waals surface area contributed by atoms with Crippen molar-refractivity contribution < 1.29 is 13.2 Å². The summed E-state index contributed by atoms with van der Waals surface area (Å²) >= 11 is 0. The summed E-state index contributed by atoms with van der Waals surface area (Å²) < 4.78 is 30.3. The average Bonchev–Trinajstić information content (AvgIpc) is 2.01. The van der Waals surface area contributed by atoms with Gasteiger partial charge in [-0.05, 0) is 19.8 Å². The van der Waals surface area contributed by atoms with Gasteiger partial charge in [0.2, 0.25) is 10.0 Å². The summed E-state index contributed by atoms with van der Waals surface area (Å²) in [6.45, 7) is 2.64. The zero-order valence-electron chi connectivity index (χ0n) is 8.40. The Morgan fingerprint density at radius 1 is 1.50 bits per heavy atom. The minimum Gasteiger partial charge on any atom is -0.381 e. The van der Waals surface area contributed by atoms with E-state index in [1.807, 2.05) is 6.92 Å². The third-order valence-electron chi connectivity index (χ3n) is 2.22. The van der Waals surface area contributed by atoms with E-state index >= 15 is 0 Å². The van der Waals surface area contributed by atoms with E-state index in [0.717, 1.165) is 12.8 Å². The van der Waals surface area contributed by atoms with Crippen molar-refractivity contribution in [1.29, 1.82) is 0 Å². The second kappa shape index (κ2) is 5.06. The third kappa shape index (κ3) is 3.91. The van der Waals surface area contributed by atoms with Crippen LogP contribution in [0.5, 0.6) is 0 Å². The summed E-state index contributed by atoms with van der Waals surface area (Å²) in [6, 6.07) is 0.200. The monoisotopic (exact) mass is 222 g/mol. The average molecular weight is 222 g/mol. The summed E-state index contributed by atoms with van der Waals surface area (Å²) in [5.74, 6) is 0.0343. The van der Waals surface area contributed by atoms with E-state index in [1.54, 1.807) is 0 Å². The molecule has 1 aliphatic carbocycles. The molecule has 6 heteroatoms. The standard InChI is InChI=1S/C8H18N2O3S/c1-2-13-3-4-14(11,12)10-8-5-7(9)6-8/h7-8,10H,2-6,9H2,1H3. The first-order valence-electron chi connectivity index (χ1n) is 4.87. The third-order valence-corrected chi connectivity index (χ3v) is 3.62. The fourth-order valence-corrected chi connectivity index (χ4v) is 2.54. The first-order valence-corrected chi connectivity index (χ1v) is 6.52. The lowest BCUT2D eigenvalue weighted by Crippen LogP contribution is -2.50. The van der Waals surface area contributed by atoms with Crippen LogP contribution in [0.2, 0.25) is 0 Å². The van der Waals surface area contributed by atoms with Crippen molar-refractivity contribution in [3.8, 4) is 0 Å². The summed E-state index contributed by atoms with van der Waals surface area (Å²) in [5, 5.41) is 0. The van der Waals surface area contributed by atoms with Gasteiger partial charge in [0.1, 0.15) is 0 Å². The number of hydrogen-bond acceptors (Lipinski definition) is 4. The quantitative estimate of drug-likeness (QED) is 0.590. The number of nitrogens with two attached hydrogens (primary N) is 1. The summed E-state index contributed by atoms with van der Waals surface area (Å²) in [7, 11) is -3.17. The smallest absolute Gasteiger partial charge is 0.214 e. The molecule has 0 atom stereocenters. The second-order valence-corrected chi connectivity index (χ2v) is 5.44. The fraction of sp³-hybridized carbons (Fsp3) is 1.00. The molecule has 1 fully saturated rings. The molecule has 0 heterocycles. The SMILES string of the molecule is CCOCCS(=O)(=O)NC1CC(N)C1. The molecule has 3 N–H and O–H groups in total. The molecule has 0 bridgehead atoms. The number of hydrogen-bond donors (Lipinski definition) is 2. The Hall–Kier alpha value is -0.170. The Balaban J connectivity index is 2.21. The van der Waals surface area contributed by atoms with Crippen LogP contribution in [0.3, 0.4) is 0 Å². The van der Waals surface area contributed by atoms with Crippen LogP contribution < -0.4 is 10.5 Å². The molecule has 1 saturated carbocycles. The number of rotatable bonds is 6. The van der Waals surface area contributed by atoms with Gasteiger partial charge in [0.15, 0.2) is 0 Å². The van der Waals surface area contributed by atoms with E-state index in [4.69, 9.17) is 10.5 Å². The van der Waals surface area contributed by atoms with Crippen molar-refractivity contribution in [1.82, 2.24) is 4.72 Å². The van der Waals surface area contributed by atoms with E-state index in [2.05, 4.69) is 4.72 Å². The van der Waals surface area contributed by atoms with Gasteiger partial charge >= 0.3 is 0 Å². The highest BCUT2D eigenvalue weighted by Crippen LogP contribution is 2.18. The molecule has 0 spiro atoms. The maximum absolute atomic E-state index is 11.4. The molecule has 0 aliphatic heterocycles. The van der Waals surface area contributed by atoms with Crippen molar-refractivity contribution in [2.45, 2.75) is 31.8 Å². The van der Waals surface area contributed by atoms with Gasteiger partial charge < -0.3 is 10.5 Å². The predicted octanol–water partition coefficient (Wildman–Crippen LogP) is -0.568. The molecule has 0 amide bonds. The summed E-state index contributed by atoms with van der Waals surface area (Å²) in [4.78, 5) is 0. The van der Waals surface area contributed by atoms with Gasteiger partial charge in [0.25, 0.3) is 0 Å². The van der Waals surface area contributed by atoms with Crippen molar-refractivity contribution in [3.63, 3.8) is 0 Å². The molecule has 5 nitrogen and oxygen atoms in total. The zero-order chi connectivity index (χ0) is 10.6. The minimum atomic E-state index is -3.17. The molecule has 0 saturated heterocycles. The Bertz CT molecular complexity index is 260. The molecule has 0 unspecified atom stereocenters. The lowest BCUT2D eigenvalue weighted by molar-refractivity contribution is 0.163. The van der Waals surface area contributed by atoms with E-state index in [0.29, 0.717) is 6.61 Å². The van der Waals surface area contributed by atoms with Crippen LogP contribution in [0.1, 0.15) is 19.8 Å². The van der Waals surface area contributed by atoms with Crippen molar-refractivity contribution in [2.24, 2.45) is 5.73 Å². The molecule has 0 aromatic rings. The van der Waals surface area contributed by atoms with Gasteiger partial charge in [-0.25, -0.2) is 13.1 Å². The molecule has 0 aromatic heterocycles. The highest BCUT2D eigenvalue weighted by atomic mass is 32.2.